The average Bonchev–Trinajstić information content (AvgIpc) is 3.58. The van der Waals surface area contributed by atoms with Gasteiger partial charge in [0.25, 0.3) is 0 Å². The fourth-order valence-electron chi connectivity index (χ4n) is 9.12. The minimum Gasteiger partial charge on any atom is -0.493 e. The molecule has 0 aromatic heterocycles. The van der Waals surface area contributed by atoms with Crippen molar-refractivity contribution in [3.8, 4) is 23.0 Å². The van der Waals surface area contributed by atoms with Crippen molar-refractivity contribution >= 4 is 28.5 Å². The average molecular weight is 765 g/mol. The highest BCUT2D eigenvalue weighted by molar-refractivity contribution is 6.03. The minimum atomic E-state index is -0.254. The first-order valence-electron chi connectivity index (χ1n) is 20.2. The number of rotatable bonds is 12. The Kier molecular flexibility index (Phi) is 11.1. The number of nitrogens with zero attached hydrogens (tertiary/aromatic N) is 3. The number of ether oxygens (including phenoxy) is 4. The SMILES string of the molecule is CCN1C(=CC=C2CCCC(C=CC3=[N+](CC)c4cc(OC)c(OC)cc4C3(C)C)=C2N(c2ccccc2)c2ccccc2)C(C)(C)c2cc(OC)c(OC)cc21. The number of hydrogen-bond donors (Lipinski definition) is 0. The molecule has 0 spiro atoms. The normalized spacial score (nSPS) is 18.4. The highest BCUT2D eigenvalue weighted by Gasteiger charge is 2.45. The van der Waals surface area contributed by atoms with E-state index in [1.54, 1.807) is 28.4 Å². The van der Waals surface area contributed by atoms with Gasteiger partial charge >= 0.3 is 0 Å². The minimum absolute atomic E-state index is 0.254. The zero-order valence-corrected chi connectivity index (χ0v) is 35.4. The molecule has 0 atom stereocenters. The summed E-state index contributed by atoms with van der Waals surface area (Å²) in [5.74, 6) is 2.99. The number of fused-ring (bicyclic) bond motifs is 2. The van der Waals surface area contributed by atoms with Crippen LogP contribution in [0.4, 0.5) is 22.7 Å². The van der Waals surface area contributed by atoms with Gasteiger partial charge in [0, 0.05) is 52.4 Å². The molecule has 0 radical (unpaired) electrons. The first-order valence-corrected chi connectivity index (χ1v) is 20.2. The molecule has 7 rings (SSSR count). The Labute approximate surface area is 339 Å². The van der Waals surface area contributed by atoms with Crippen LogP contribution in [0.25, 0.3) is 0 Å². The number of anilines is 3. The van der Waals surface area contributed by atoms with E-state index >= 15 is 0 Å². The third-order valence-corrected chi connectivity index (χ3v) is 12.1. The summed E-state index contributed by atoms with van der Waals surface area (Å²) in [6, 6.07) is 30.1. The van der Waals surface area contributed by atoms with E-state index in [2.05, 4.69) is 165 Å². The molecule has 4 aromatic rings. The second-order valence-corrected chi connectivity index (χ2v) is 15.9. The third-order valence-electron chi connectivity index (χ3n) is 12.1. The molecule has 2 heterocycles. The highest BCUT2D eigenvalue weighted by atomic mass is 16.5. The molecule has 7 heteroatoms. The quantitative estimate of drug-likeness (QED) is 0.134. The lowest BCUT2D eigenvalue weighted by Gasteiger charge is -2.34. The Balaban J connectivity index is 1.42. The number of benzene rings is 4. The summed E-state index contributed by atoms with van der Waals surface area (Å²) in [5, 5.41) is 0. The number of likely N-dealkylation sites (N-methyl/N-ethyl adjacent to an activating group) is 1. The Morgan fingerprint density at radius 3 is 1.79 bits per heavy atom. The Morgan fingerprint density at radius 1 is 0.667 bits per heavy atom. The van der Waals surface area contributed by atoms with Crippen LogP contribution in [0.2, 0.25) is 0 Å². The summed E-state index contributed by atoms with van der Waals surface area (Å²) >= 11 is 0. The van der Waals surface area contributed by atoms with Gasteiger partial charge in [-0.05, 0) is 106 Å². The van der Waals surface area contributed by atoms with Gasteiger partial charge in [-0.15, -0.1) is 0 Å². The van der Waals surface area contributed by atoms with Crippen molar-refractivity contribution in [2.24, 2.45) is 0 Å². The first kappa shape index (κ1) is 39.5. The fourth-order valence-corrected chi connectivity index (χ4v) is 9.12. The summed E-state index contributed by atoms with van der Waals surface area (Å²) < 4.78 is 25.5. The van der Waals surface area contributed by atoms with E-state index in [4.69, 9.17) is 18.9 Å². The second-order valence-electron chi connectivity index (χ2n) is 15.9. The topological polar surface area (TPSA) is 46.4 Å². The zero-order chi connectivity index (χ0) is 40.5. The second kappa shape index (κ2) is 16.0. The van der Waals surface area contributed by atoms with Crippen LogP contribution in [0.1, 0.15) is 71.9 Å². The Hall–Kier alpha value is -5.69. The number of allylic oxidation sites excluding steroid dienone is 7. The Morgan fingerprint density at radius 2 is 1.23 bits per heavy atom. The smallest absolute Gasteiger partial charge is 0.213 e. The summed E-state index contributed by atoms with van der Waals surface area (Å²) in [6.45, 7) is 15.4. The molecule has 1 aliphatic carbocycles. The van der Waals surface area contributed by atoms with Gasteiger partial charge in [-0.25, -0.2) is 0 Å². The summed E-state index contributed by atoms with van der Waals surface area (Å²) in [4.78, 5) is 4.88. The van der Waals surface area contributed by atoms with Crippen molar-refractivity contribution in [3.05, 3.63) is 143 Å². The zero-order valence-electron chi connectivity index (χ0n) is 35.4. The van der Waals surface area contributed by atoms with Crippen molar-refractivity contribution < 1.29 is 23.5 Å². The number of para-hydroxylation sites is 2. The first-order chi connectivity index (χ1) is 27.5. The molecule has 0 unspecified atom stereocenters. The number of hydrogen-bond acceptors (Lipinski definition) is 6. The predicted molar refractivity (Wildman–Crippen MR) is 235 cm³/mol. The van der Waals surface area contributed by atoms with Crippen molar-refractivity contribution in [1.29, 1.82) is 0 Å². The van der Waals surface area contributed by atoms with E-state index in [1.165, 1.54) is 39.4 Å². The van der Waals surface area contributed by atoms with E-state index in [0.29, 0.717) is 0 Å². The molecule has 0 saturated carbocycles. The lowest BCUT2D eigenvalue weighted by Crippen LogP contribution is -2.28. The van der Waals surface area contributed by atoms with E-state index in [0.717, 1.165) is 78.1 Å². The Bertz CT molecular complexity index is 2260. The van der Waals surface area contributed by atoms with Gasteiger partial charge in [-0.1, -0.05) is 62.4 Å². The van der Waals surface area contributed by atoms with Gasteiger partial charge in [0.05, 0.1) is 45.6 Å². The van der Waals surface area contributed by atoms with Crippen LogP contribution < -0.4 is 28.7 Å². The fraction of sp³-hybridized carbons (Fsp3) is 0.340. The molecule has 4 aromatic carbocycles. The van der Waals surface area contributed by atoms with E-state index in [9.17, 15) is 0 Å². The van der Waals surface area contributed by atoms with Crippen LogP contribution in [-0.2, 0) is 10.8 Å². The molecule has 0 amide bonds. The van der Waals surface area contributed by atoms with Gasteiger partial charge in [-0.3, -0.25) is 0 Å². The summed E-state index contributed by atoms with van der Waals surface area (Å²) in [7, 11) is 6.82. The van der Waals surface area contributed by atoms with E-state index < -0.39 is 0 Å². The van der Waals surface area contributed by atoms with Gasteiger partial charge in [0.15, 0.2) is 28.7 Å². The van der Waals surface area contributed by atoms with Gasteiger partial charge < -0.3 is 28.7 Å². The van der Waals surface area contributed by atoms with Crippen LogP contribution in [-0.4, -0.2) is 51.8 Å². The lowest BCUT2D eigenvalue weighted by atomic mass is 9.80. The molecule has 296 valence electrons. The van der Waals surface area contributed by atoms with Crippen molar-refractivity contribution in [2.75, 3.05) is 51.3 Å². The van der Waals surface area contributed by atoms with Crippen LogP contribution in [0.3, 0.4) is 0 Å². The molecule has 0 fully saturated rings. The highest BCUT2D eigenvalue weighted by Crippen LogP contribution is 2.52. The maximum atomic E-state index is 5.77. The molecule has 57 heavy (non-hydrogen) atoms. The van der Waals surface area contributed by atoms with E-state index in [1.807, 2.05) is 0 Å². The van der Waals surface area contributed by atoms with E-state index in [-0.39, 0.29) is 10.8 Å². The lowest BCUT2D eigenvalue weighted by molar-refractivity contribution is -0.433. The van der Waals surface area contributed by atoms with Crippen LogP contribution in [0.5, 0.6) is 23.0 Å². The maximum Gasteiger partial charge on any atom is 0.213 e. The van der Waals surface area contributed by atoms with Gasteiger partial charge in [0.2, 0.25) is 5.69 Å². The molecule has 0 N–H and O–H groups in total. The van der Waals surface area contributed by atoms with Crippen molar-refractivity contribution in [3.63, 3.8) is 0 Å². The molecule has 2 aliphatic heterocycles. The molecule has 7 nitrogen and oxygen atoms in total. The molecule has 0 bridgehead atoms. The monoisotopic (exact) mass is 764 g/mol. The third kappa shape index (κ3) is 6.91. The van der Waals surface area contributed by atoms with Crippen LogP contribution >= 0.6 is 0 Å². The largest absolute Gasteiger partial charge is 0.493 e. The maximum absolute atomic E-state index is 5.77. The van der Waals surface area contributed by atoms with Crippen molar-refractivity contribution in [1.82, 2.24) is 0 Å². The van der Waals surface area contributed by atoms with Crippen LogP contribution in [0, 0.1) is 0 Å². The molecular formula is C50H58N3O4+. The predicted octanol–water partition coefficient (Wildman–Crippen LogP) is 11.6. The molecule has 3 aliphatic rings. The molecule has 0 saturated heterocycles. The van der Waals surface area contributed by atoms with Crippen LogP contribution in [0.15, 0.2) is 132 Å². The van der Waals surface area contributed by atoms with Crippen molar-refractivity contribution in [2.45, 2.75) is 71.6 Å². The van der Waals surface area contributed by atoms with Gasteiger partial charge in [0.1, 0.15) is 6.54 Å². The summed E-state index contributed by atoms with van der Waals surface area (Å²) in [6.07, 6.45) is 12.5. The standard InChI is InChI=1S/C50H58N3O4/c1-11-51-40-32-44(56-9)42(54-7)30-38(40)49(3,4)46(51)28-26-34-20-19-21-35(48(34)53(36-22-15-13-16-23-36)37-24-17-14-18-25-37)27-29-47-50(5,6)39-31-43(55-8)45(57-10)33-41(39)52(47)12-2/h13-18,22-33H,11-12,19-21H2,1-10H3/q+1. The summed E-state index contributed by atoms with van der Waals surface area (Å²) in [5.41, 5.74) is 12.9. The number of methoxy groups -OCH3 is 4. The van der Waals surface area contributed by atoms with Gasteiger partial charge in [-0.2, -0.15) is 4.58 Å². The molecular weight excluding hydrogens is 707 g/mol.